The molecule has 0 aliphatic rings. The minimum Gasteiger partial charge on any atom is -0.356 e. The Morgan fingerprint density at radius 3 is 2.29 bits per heavy atom. The Morgan fingerprint density at radius 1 is 1.29 bits per heavy atom. The van der Waals surface area contributed by atoms with Crippen LogP contribution in [-0.2, 0) is 14.6 Å². The van der Waals surface area contributed by atoms with Crippen LogP contribution in [0.1, 0.15) is 6.42 Å². The highest BCUT2D eigenvalue weighted by Crippen LogP contribution is 2.14. The summed E-state index contributed by atoms with van der Waals surface area (Å²) in [6.45, 7) is -1.37. The SMILES string of the molecule is NCCCS(=O)(=O)COCC(F)(F)F. The van der Waals surface area contributed by atoms with Gasteiger partial charge >= 0.3 is 6.18 Å². The standard InChI is InChI=1S/C6H12F3NO3S/c7-6(8,9)4-13-5-14(11,12)3-1-2-10/h1-5,10H2. The van der Waals surface area contributed by atoms with Gasteiger partial charge in [0.05, 0.1) is 5.75 Å². The molecule has 0 aliphatic heterocycles. The summed E-state index contributed by atoms with van der Waals surface area (Å²) in [6, 6.07) is 0. The first kappa shape index (κ1) is 13.7. The van der Waals surface area contributed by atoms with E-state index in [9.17, 15) is 21.6 Å². The van der Waals surface area contributed by atoms with Gasteiger partial charge in [-0.05, 0) is 13.0 Å². The molecule has 0 aromatic carbocycles. The van der Waals surface area contributed by atoms with Crippen LogP contribution in [0.2, 0.25) is 0 Å². The van der Waals surface area contributed by atoms with Crippen LogP contribution in [0.15, 0.2) is 0 Å². The molecule has 0 aromatic heterocycles. The summed E-state index contributed by atoms with van der Waals surface area (Å²) in [5.74, 6) is -1.16. The second kappa shape index (κ2) is 5.52. The average molecular weight is 235 g/mol. The summed E-state index contributed by atoms with van der Waals surface area (Å²) >= 11 is 0. The van der Waals surface area contributed by atoms with Crippen molar-refractivity contribution in [3.8, 4) is 0 Å². The number of rotatable bonds is 6. The summed E-state index contributed by atoms with van der Waals surface area (Å²) in [4.78, 5) is 0. The van der Waals surface area contributed by atoms with Crippen LogP contribution >= 0.6 is 0 Å². The Hall–Kier alpha value is -0.340. The van der Waals surface area contributed by atoms with Crippen LogP contribution in [0.4, 0.5) is 13.2 Å². The molecule has 0 saturated heterocycles. The number of ether oxygens (including phenoxy) is 1. The predicted molar refractivity (Wildman–Crippen MR) is 44.3 cm³/mol. The first-order valence-electron chi connectivity index (χ1n) is 3.82. The van der Waals surface area contributed by atoms with Gasteiger partial charge in [-0.1, -0.05) is 0 Å². The summed E-state index contributed by atoms with van der Waals surface area (Å²) in [6.07, 6.45) is -4.28. The van der Waals surface area contributed by atoms with Crippen molar-refractivity contribution in [3.63, 3.8) is 0 Å². The zero-order valence-electron chi connectivity index (χ0n) is 7.38. The summed E-state index contributed by atoms with van der Waals surface area (Å²) < 4.78 is 60.5. The molecule has 0 bridgehead atoms. The highest BCUT2D eigenvalue weighted by atomic mass is 32.2. The van der Waals surface area contributed by atoms with E-state index in [0.717, 1.165) is 0 Å². The van der Waals surface area contributed by atoms with Crippen LogP contribution in [0.3, 0.4) is 0 Å². The summed E-state index contributed by atoms with van der Waals surface area (Å²) in [5.41, 5.74) is 5.05. The highest BCUT2D eigenvalue weighted by molar-refractivity contribution is 7.91. The molecule has 0 aliphatic carbocycles. The molecule has 0 saturated carbocycles. The third kappa shape index (κ3) is 8.27. The molecule has 0 aromatic rings. The minimum absolute atomic E-state index is 0.179. The van der Waals surface area contributed by atoms with Crippen LogP contribution < -0.4 is 5.73 Å². The Bertz CT molecular complexity index is 250. The van der Waals surface area contributed by atoms with Gasteiger partial charge in [0.25, 0.3) is 0 Å². The van der Waals surface area contributed by atoms with Gasteiger partial charge in [0.1, 0.15) is 12.5 Å². The minimum atomic E-state index is -4.50. The first-order valence-corrected chi connectivity index (χ1v) is 5.64. The molecule has 0 rings (SSSR count). The quantitative estimate of drug-likeness (QED) is 0.718. The fraction of sp³-hybridized carbons (Fsp3) is 1.00. The van der Waals surface area contributed by atoms with E-state index in [-0.39, 0.29) is 18.7 Å². The van der Waals surface area contributed by atoms with Crippen LogP contribution in [-0.4, -0.2) is 39.4 Å². The molecule has 0 unspecified atom stereocenters. The topological polar surface area (TPSA) is 69.4 Å². The largest absolute Gasteiger partial charge is 0.411 e. The van der Waals surface area contributed by atoms with Crippen molar-refractivity contribution in [1.29, 1.82) is 0 Å². The molecule has 0 radical (unpaired) electrons. The number of halogens is 3. The van der Waals surface area contributed by atoms with Gasteiger partial charge in [0.15, 0.2) is 9.84 Å². The Balaban J connectivity index is 3.78. The second-order valence-corrected chi connectivity index (χ2v) is 4.80. The lowest BCUT2D eigenvalue weighted by Crippen LogP contribution is -2.22. The number of hydrogen-bond donors (Lipinski definition) is 1. The van der Waals surface area contributed by atoms with Crippen molar-refractivity contribution >= 4 is 9.84 Å². The smallest absolute Gasteiger partial charge is 0.356 e. The molecule has 0 fully saturated rings. The van der Waals surface area contributed by atoms with E-state index >= 15 is 0 Å². The average Bonchev–Trinajstić information content (AvgIpc) is 1.98. The molecular weight excluding hydrogens is 223 g/mol. The van der Waals surface area contributed by atoms with Crippen molar-refractivity contribution in [1.82, 2.24) is 0 Å². The molecule has 8 heteroatoms. The molecule has 2 N–H and O–H groups in total. The van der Waals surface area contributed by atoms with Gasteiger partial charge in [0, 0.05) is 0 Å². The molecular formula is C6H12F3NO3S. The van der Waals surface area contributed by atoms with E-state index < -0.39 is 28.6 Å². The monoisotopic (exact) mass is 235 g/mol. The van der Waals surface area contributed by atoms with Crippen molar-refractivity contribution in [2.45, 2.75) is 12.6 Å². The van der Waals surface area contributed by atoms with Gasteiger partial charge < -0.3 is 10.5 Å². The lowest BCUT2D eigenvalue weighted by atomic mass is 10.5. The van der Waals surface area contributed by atoms with Gasteiger partial charge in [-0.25, -0.2) is 8.42 Å². The summed E-state index contributed by atoms with van der Waals surface area (Å²) in [5, 5.41) is 0. The zero-order valence-corrected chi connectivity index (χ0v) is 8.20. The fourth-order valence-corrected chi connectivity index (χ4v) is 1.71. The second-order valence-electron chi connectivity index (χ2n) is 2.67. The van der Waals surface area contributed by atoms with Crippen molar-refractivity contribution in [2.75, 3.05) is 24.8 Å². The maximum atomic E-state index is 11.5. The van der Waals surface area contributed by atoms with Crippen molar-refractivity contribution < 1.29 is 26.3 Å². The van der Waals surface area contributed by atoms with Gasteiger partial charge in [-0.15, -0.1) is 0 Å². The lowest BCUT2D eigenvalue weighted by molar-refractivity contribution is -0.169. The predicted octanol–water partition coefficient (Wildman–Crippen LogP) is 0.286. The molecule has 0 heterocycles. The van der Waals surface area contributed by atoms with Crippen molar-refractivity contribution in [3.05, 3.63) is 0 Å². The third-order valence-corrected chi connectivity index (χ3v) is 2.62. The van der Waals surface area contributed by atoms with E-state index in [4.69, 9.17) is 5.73 Å². The highest BCUT2D eigenvalue weighted by Gasteiger charge is 2.28. The van der Waals surface area contributed by atoms with Crippen LogP contribution in [0, 0.1) is 0 Å². The molecule has 86 valence electrons. The number of sulfone groups is 1. The molecule has 0 atom stereocenters. The van der Waals surface area contributed by atoms with E-state index in [1.54, 1.807) is 0 Å². The zero-order chi connectivity index (χ0) is 11.2. The maximum Gasteiger partial charge on any atom is 0.411 e. The van der Waals surface area contributed by atoms with Crippen molar-refractivity contribution in [2.24, 2.45) is 5.73 Å². The van der Waals surface area contributed by atoms with Crippen LogP contribution in [0.5, 0.6) is 0 Å². The van der Waals surface area contributed by atoms with E-state index in [1.807, 2.05) is 0 Å². The molecule has 0 spiro atoms. The van der Waals surface area contributed by atoms with Gasteiger partial charge in [-0.2, -0.15) is 13.2 Å². The number of hydrogen-bond acceptors (Lipinski definition) is 4. The maximum absolute atomic E-state index is 11.5. The lowest BCUT2D eigenvalue weighted by Gasteiger charge is -2.07. The van der Waals surface area contributed by atoms with Gasteiger partial charge in [0.2, 0.25) is 0 Å². The Kier molecular flexibility index (Phi) is 5.38. The van der Waals surface area contributed by atoms with Crippen LogP contribution in [0.25, 0.3) is 0 Å². The van der Waals surface area contributed by atoms with E-state index in [1.165, 1.54) is 0 Å². The van der Waals surface area contributed by atoms with E-state index in [2.05, 4.69) is 4.74 Å². The summed E-state index contributed by atoms with van der Waals surface area (Å²) in [7, 11) is -3.57. The molecule has 0 amide bonds. The third-order valence-electron chi connectivity index (χ3n) is 1.19. The first-order chi connectivity index (χ1) is 6.27. The Morgan fingerprint density at radius 2 is 1.86 bits per heavy atom. The number of alkyl halides is 3. The molecule has 4 nitrogen and oxygen atoms in total. The van der Waals surface area contributed by atoms with Gasteiger partial charge in [-0.3, -0.25) is 0 Å². The normalized spacial score (nSPS) is 13.1. The van der Waals surface area contributed by atoms with E-state index in [0.29, 0.717) is 0 Å². The molecule has 14 heavy (non-hydrogen) atoms. The fourth-order valence-electron chi connectivity index (χ4n) is 0.647. The number of nitrogens with two attached hydrogens (primary N) is 1. The Labute approximate surface area is 80.1 Å².